The van der Waals surface area contributed by atoms with Gasteiger partial charge in [-0.05, 0) is 24.1 Å². The summed E-state index contributed by atoms with van der Waals surface area (Å²) >= 11 is 6.43. The van der Waals surface area contributed by atoms with E-state index in [0.29, 0.717) is 17.0 Å². The van der Waals surface area contributed by atoms with E-state index in [4.69, 9.17) is 46.3 Å². The smallest absolute Gasteiger partial charge is 0.455 e. The number of likely N-dealkylation sites (N-methyl/N-ethyl adjacent to an activating group) is 1. The summed E-state index contributed by atoms with van der Waals surface area (Å²) in [4.78, 5) is 86.6. The van der Waals surface area contributed by atoms with E-state index in [9.17, 15) is 43.3 Å². The summed E-state index contributed by atoms with van der Waals surface area (Å²) in [6.07, 6.45) is -5.51. The average Bonchev–Trinajstić information content (AvgIpc) is 3.89. The molecule has 2 saturated heterocycles. The number of nitrogens with zero attached hydrogens (tertiary/aromatic N) is 7. The van der Waals surface area contributed by atoms with Gasteiger partial charge in [-0.25, -0.2) is 33.7 Å². The van der Waals surface area contributed by atoms with Crippen LogP contribution in [0.2, 0.25) is 5.02 Å². The fourth-order valence-corrected chi connectivity index (χ4v) is 8.16. The van der Waals surface area contributed by atoms with Gasteiger partial charge in [-0.2, -0.15) is 4.98 Å². The van der Waals surface area contributed by atoms with E-state index in [1.165, 1.54) is 35.1 Å². The predicted octanol–water partition coefficient (Wildman–Crippen LogP) is 1.01. The number of benzene rings is 1. The second-order valence-electron chi connectivity index (χ2n) is 13.8. The maximum absolute atomic E-state index is 14.2. The number of anilines is 2. The molecule has 3 aromatic heterocycles. The van der Waals surface area contributed by atoms with E-state index in [0.717, 1.165) is 10.9 Å². The van der Waals surface area contributed by atoms with Crippen LogP contribution in [0.1, 0.15) is 37.3 Å². The minimum atomic E-state index is -5.24. The molecule has 1 unspecified atom stereocenters. The molecule has 6 rings (SSSR count). The normalized spacial score (nSPS) is 24.3. The predicted molar refractivity (Wildman–Crippen MR) is 211 cm³/mol. The van der Waals surface area contributed by atoms with E-state index in [-0.39, 0.29) is 42.1 Å². The number of aliphatic hydroxyl groups excluding tert-OH is 1. The van der Waals surface area contributed by atoms with Crippen LogP contribution in [-0.4, -0.2) is 122 Å². The molecule has 24 nitrogen and oxygen atoms in total. The fraction of sp³-hybridized carbons (Fsp3) is 0.441. The number of carbonyl (C=O) groups excluding carboxylic acids is 2. The number of rotatable bonds is 18. The summed E-state index contributed by atoms with van der Waals surface area (Å²) in [5, 5.41) is 12.1. The number of carbonyl (C=O) groups is 2. The highest BCUT2D eigenvalue weighted by molar-refractivity contribution is 7.47. The molecule has 5 heterocycles. The van der Waals surface area contributed by atoms with Gasteiger partial charge >= 0.3 is 27.3 Å². The lowest BCUT2D eigenvalue weighted by Crippen LogP contribution is -2.48. The SMILES string of the molecule is C=CCCC(=O)N(C)[C@H](Cc1ccccc1Cl)C(=O)O[C@H]1[C@@H](O)[C@H](n2cnc3c(N)ncnc32)O[C@H]1COP(=O)(O)O[C@H]1C[C@H](n2ccc(N)nc2=O)O[C@@H]1COP(=O)(O)O. The van der Waals surface area contributed by atoms with E-state index < -0.39 is 95.4 Å². The Hall–Kier alpha value is -4.68. The third-order valence-electron chi connectivity index (χ3n) is 9.71. The molecule has 0 aliphatic carbocycles. The van der Waals surface area contributed by atoms with Gasteiger partial charge in [-0.3, -0.25) is 27.5 Å². The Kier molecular flexibility index (Phi) is 14.4. The van der Waals surface area contributed by atoms with Crippen LogP contribution in [0.4, 0.5) is 11.6 Å². The van der Waals surface area contributed by atoms with Gasteiger partial charge in [0.1, 0.15) is 54.3 Å². The first kappa shape index (κ1) is 45.8. The lowest BCUT2D eigenvalue weighted by atomic mass is 10.0. The monoisotopic (exact) mass is 913 g/mol. The van der Waals surface area contributed by atoms with Crippen molar-refractivity contribution in [1.29, 1.82) is 0 Å². The zero-order chi connectivity index (χ0) is 44.2. The molecule has 2 aliphatic rings. The summed E-state index contributed by atoms with van der Waals surface area (Å²) in [6, 6.07) is 6.61. The zero-order valence-electron chi connectivity index (χ0n) is 32.1. The van der Waals surface area contributed by atoms with Gasteiger partial charge in [0, 0.05) is 37.5 Å². The number of hydrogen-bond donors (Lipinski definition) is 6. The van der Waals surface area contributed by atoms with Crippen LogP contribution < -0.4 is 17.2 Å². The molecule has 61 heavy (non-hydrogen) atoms. The van der Waals surface area contributed by atoms with Crippen LogP contribution in [0, 0.1) is 0 Å². The van der Waals surface area contributed by atoms with Crippen molar-refractivity contribution in [2.75, 3.05) is 31.7 Å². The number of allylic oxidation sites excluding steroid dienone is 1. The van der Waals surface area contributed by atoms with Gasteiger partial charge in [0.15, 0.2) is 23.8 Å². The molecule has 330 valence electrons. The van der Waals surface area contributed by atoms with E-state index in [1.807, 2.05) is 0 Å². The molecule has 0 saturated carbocycles. The Morgan fingerprint density at radius 3 is 2.52 bits per heavy atom. The number of ether oxygens (including phenoxy) is 3. The molecule has 4 aromatic rings. The highest BCUT2D eigenvalue weighted by Gasteiger charge is 2.50. The zero-order valence-corrected chi connectivity index (χ0v) is 34.6. The maximum Gasteiger partial charge on any atom is 0.472 e. The summed E-state index contributed by atoms with van der Waals surface area (Å²) < 4.78 is 60.4. The van der Waals surface area contributed by atoms with Crippen molar-refractivity contribution >= 4 is 61.9 Å². The van der Waals surface area contributed by atoms with Crippen LogP contribution in [0.25, 0.3) is 11.2 Å². The van der Waals surface area contributed by atoms with Crippen molar-refractivity contribution in [1.82, 2.24) is 34.0 Å². The number of imidazole rings is 1. The molecule has 1 amide bonds. The molecule has 0 bridgehead atoms. The number of esters is 1. The molecule has 1 aromatic carbocycles. The molecule has 9 atom stereocenters. The van der Waals surface area contributed by atoms with Crippen molar-refractivity contribution in [2.45, 2.75) is 74.7 Å². The number of fused-ring (bicyclic) bond motifs is 1. The van der Waals surface area contributed by atoms with Crippen LogP contribution in [0.5, 0.6) is 0 Å². The molecule has 8 N–H and O–H groups in total. The number of aromatic nitrogens is 6. The average molecular weight is 914 g/mol. The summed E-state index contributed by atoms with van der Waals surface area (Å²) in [5.74, 6) is -1.54. The van der Waals surface area contributed by atoms with Crippen LogP contribution >= 0.6 is 27.2 Å². The second kappa shape index (κ2) is 19.2. The highest BCUT2D eigenvalue weighted by atomic mass is 35.5. The number of amides is 1. The van der Waals surface area contributed by atoms with Crippen molar-refractivity contribution in [3.63, 3.8) is 0 Å². The molecular weight excluding hydrogens is 872 g/mol. The molecular formula is C34H42ClN9O15P2. The number of nitrogens with two attached hydrogens (primary N) is 2. The first-order valence-corrected chi connectivity index (χ1v) is 21.7. The number of phosphoric ester groups is 2. The first-order chi connectivity index (χ1) is 28.9. The number of nitrogen functional groups attached to an aromatic ring is 2. The van der Waals surface area contributed by atoms with Crippen molar-refractivity contribution in [3.8, 4) is 0 Å². The maximum atomic E-state index is 14.2. The third-order valence-corrected chi connectivity index (χ3v) is 11.6. The van der Waals surface area contributed by atoms with Gasteiger partial charge < -0.3 is 50.4 Å². The Morgan fingerprint density at radius 1 is 1.08 bits per heavy atom. The number of halogens is 1. The van der Waals surface area contributed by atoms with Crippen molar-refractivity contribution in [2.24, 2.45) is 0 Å². The summed E-state index contributed by atoms with van der Waals surface area (Å²) in [6.45, 7) is 1.88. The van der Waals surface area contributed by atoms with Crippen LogP contribution in [0.3, 0.4) is 0 Å². The Bertz CT molecular complexity index is 2400. The van der Waals surface area contributed by atoms with Crippen LogP contribution in [0.15, 0.2) is 66.6 Å². The van der Waals surface area contributed by atoms with E-state index >= 15 is 0 Å². The molecule has 2 fully saturated rings. The lowest BCUT2D eigenvalue weighted by Gasteiger charge is -2.30. The topological polar surface area (TPSA) is 338 Å². The quantitative estimate of drug-likeness (QED) is 0.0461. The van der Waals surface area contributed by atoms with Gasteiger partial charge in [-0.1, -0.05) is 35.9 Å². The minimum absolute atomic E-state index is 0.00389. The van der Waals surface area contributed by atoms with Gasteiger partial charge in [0.05, 0.1) is 19.5 Å². The van der Waals surface area contributed by atoms with E-state index in [1.54, 1.807) is 30.3 Å². The molecule has 0 spiro atoms. The molecule has 2 aliphatic heterocycles. The summed E-state index contributed by atoms with van der Waals surface area (Å²) in [5.41, 5.74) is 11.4. The van der Waals surface area contributed by atoms with Crippen molar-refractivity contribution in [3.05, 3.63) is 82.9 Å². The van der Waals surface area contributed by atoms with Crippen LogP contribution in [-0.2, 0) is 52.9 Å². The number of aliphatic hydroxyl groups is 1. The Balaban J connectivity index is 1.26. The number of hydrogen-bond acceptors (Lipinski definition) is 18. The molecule has 0 radical (unpaired) electrons. The number of phosphoric acid groups is 2. The van der Waals surface area contributed by atoms with Crippen molar-refractivity contribution < 1.29 is 66.3 Å². The Morgan fingerprint density at radius 2 is 1.82 bits per heavy atom. The van der Waals surface area contributed by atoms with E-state index in [2.05, 4.69) is 31.0 Å². The summed E-state index contributed by atoms with van der Waals surface area (Å²) in [7, 11) is -8.92. The fourth-order valence-electron chi connectivity index (χ4n) is 6.64. The largest absolute Gasteiger partial charge is 0.472 e. The van der Waals surface area contributed by atoms with Gasteiger partial charge in [0.2, 0.25) is 5.91 Å². The lowest BCUT2D eigenvalue weighted by molar-refractivity contribution is -0.165. The first-order valence-electron chi connectivity index (χ1n) is 18.3. The second-order valence-corrected chi connectivity index (χ2v) is 16.8. The molecule has 27 heteroatoms. The van der Waals surface area contributed by atoms with Gasteiger partial charge in [0.25, 0.3) is 0 Å². The highest BCUT2D eigenvalue weighted by Crippen LogP contribution is 2.50. The Labute approximate surface area is 350 Å². The van der Waals surface area contributed by atoms with Gasteiger partial charge in [-0.15, -0.1) is 6.58 Å². The standard InChI is InChI=1S/C34H42ClN9O15P2/c1-3-4-9-25(45)42(2)20(12-18-7-5-6-8-19(18)35)33(47)58-29-23(57-32(28(29)46)44-17-40-27-30(37)38-16-39-31(27)44)15-55-61(52,53)59-21-13-26(43-11-10-24(36)41-34(43)48)56-22(21)14-54-60(49,50)51/h3,5-8,10-11,16-17,20-23,26,28-29,32,46H,1,4,9,12-15H2,2H3,(H,52,53)(H2,36,41,48)(H2,37,38,39)(H2,49,50,51)/t20-,21+,22-,23+,26-,28-,29-,32-/m1/s1. The minimum Gasteiger partial charge on any atom is -0.455 e. The third kappa shape index (κ3) is 11.0.